The summed E-state index contributed by atoms with van der Waals surface area (Å²) < 4.78 is 6.56. The number of benzene rings is 2. The second-order valence-corrected chi connectivity index (χ2v) is 8.65. The lowest BCUT2D eigenvalue weighted by Gasteiger charge is -2.32. The Morgan fingerprint density at radius 1 is 1.03 bits per heavy atom. The molecule has 1 aromatic heterocycles. The molecule has 1 saturated heterocycles. The molecule has 2 heterocycles. The van der Waals surface area contributed by atoms with Crippen molar-refractivity contribution in [2.45, 2.75) is 0 Å². The molecule has 0 unspecified atom stereocenters. The van der Waals surface area contributed by atoms with Crippen molar-refractivity contribution in [2.24, 2.45) is 5.92 Å². The first kappa shape index (κ1) is 22.0. The number of fused-ring (bicyclic) bond motifs is 1. The van der Waals surface area contributed by atoms with Crippen LogP contribution in [0.4, 0.5) is 10.5 Å². The number of imide groups is 2. The van der Waals surface area contributed by atoms with Crippen molar-refractivity contribution in [3.05, 3.63) is 46.4 Å². The Kier molecular flexibility index (Phi) is 5.76. The number of carbonyl (C=O) groups excluding carboxylic acids is 4. The van der Waals surface area contributed by atoms with Gasteiger partial charge in [0.15, 0.2) is 5.92 Å². The van der Waals surface area contributed by atoms with Gasteiger partial charge in [-0.25, -0.2) is 9.78 Å². The van der Waals surface area contributed by atoms with Gasteiger partial charge in [-0.1, -0.05) is 34.5 Å². The third-order valence-electron chi connectivity index (χ3n) is 4.73. The number of nitrogens with zero attached hydrogens (tertiary/aromatic N) is 3. The van der Waals surface area contributed by atoms with Crippen LogP contribution in [0.15, 0.2) is 36.4 Å². The fourth-order valence-electron chi connectivity index (χ4n) is 3.00. The molecule has 1 aliphatic heterocycles. The first-order chi connectivity index (χ1) is 15.2. The van der Waals surface area contributed by atoms with Gasteiger partial charge in [0.2, 0.25) is 5.91 Å². The molecular formula is C20H14Cl2N4O5S. The lowest BCUT2D eigenvalue weighted by atomic mass is 10.0. The van der Waals surface area contributed by atoms with Crippen LogP contribution in [-0.4, -0.2) is 52.6 Å². The van der Waals surface area contributed by atoms with Gasteiger partial charge in [0, 0.05) is 19.8 Å². The van der Waals surface area contributed by atoms with Crippen molar-refractivity contribution in [3.63, 3.8) is 0 Å². The van der Waals surface area contributed by atoms with Gasteiger partial charge in [0.05, 0.1) is 20.3 Å². The van der Waals surface area contributed by atoms with Crippen molar-refractivity contribution < 1.29 is 23.9 Å². The van der Waals surface area contributed by atoms with Gasteiger partial charge >= 0.3 is 6.03 Å². The monoisotopic (exact) mass is 492 g/mol. The van der Waals surface area contributed by atoms with Crippen LogP contribution in [0, 0.1) is 5.92 Å². The number of hydrogen-bond acceptors (Lipinski definition) is 7. The minimum absolute atomic E-state index is 0.341. The minimum atomic E-state index is -1.64. The van der Waals surface area contributed by atoms with E-state index in [-0.39, 0.29) is 0 Å². The number of anilines is 1. The summed E-state index contributed by atoms with van der Waals surface area (Å²) in [7, 11) is 2.42. The number of ether oxygens (including phenoxy) is 1. The lowest BCUT2D eigenvalue weighted by Crippen LogP contribution is -2.59. The summed E-state index contributed by atoms with van der Waals surface area (Å²) in [4.78, 5) is 54.7. The topological polar surface area (TPSA) is 109 Å². The molecule has 164 valence electrons. The first-order valence-corrected chi connectivity index (χ1v) is 10.7. The molecule has 0 aliphatic carbocycles. The predicted molar refractivity (Wildman–Crippen MR) is 119 cm³/mol. The molecule has 3 aromatic rings. The summed E-state index contributed by atoms with van der Waals surface area (Å²) in [5, 5.41) is 3.71. The Balaban J connectivity index is 1.46. The number of hydrogen-bond donors (Lipinski definition) is 1. The van der Waals surface area contributed by atoms with E-state index in [1.165, 1.54) is 25.4 Å². The highest BCUT2D eigenvalue weighted by molar-refractivity contribution is 7.20. The Hall–Kier alpha value is -3.21. The third kappa shape index (κ3) is 3.99. The molecule has 0 radical (unpaired) electrons. The maximum absolute atomic E-state index is 12.5. The van der Waals surface area contributed by atoms with Gasteiger partial charge in [0.1, 0.15) is 5.75 Å². The number of amides is 5. The zero-order chi connectivity index (χ0) is 23.2. The summed E-state index contributed by atoms with van der Waals surface area (Å²) in [6.45, 7) is 0. The van der Waals surface area contributed by atoms with Gasteiger partial charge in [0.25, 0.3) is 17.0 Å². The van der Waals surface area contributed by atoms with Gasteiger partial charge in [-0.15, -0.1) is 0 Å². The van der Waals surface area contributed by atoms with Crippen molar-refractivity contribution in [1.29, 1.82) is 0 Å². The second-order valence-electron chi connectivity index (χ2n) is 6.84. The minimum Gasteiger partial charge on any atom is -0.431 e. The van der Waals surface area contributed by atoms with Crippen molar-refractivity contribution in [3.8, 4) is 10.9 Å². The Morgan fingerprint density at radius 3 is 2.25 bits per heavy atom. The number of halogens is 2. The number of rotatable bonds is 4. The fraction of sp³-hybridized carbons (Fsp3) is 0.150. The van der Waals surface area contributed by atoms with E-state index < -0.39 is 29.7 Å². The molecule has 0 saturated carbocycles. The van der Waals surface area contributed by atoms with E-state index in [2.05, 4.69) is 10.3 Å². The SMILES string of the molecule is CN1C(=O)C(C(=O)Nc2ccc(Oc3nc4cc(Cl)c(Cl)cc4s3)cc2)C(=O)N(C)C1=O. The summed E-state index contributed by atoms with van der Waals surface area (Å²) >= 11 is 13.3. The van der Waals surface area contributed by atoms with Gasteiger partial charge in [-0.2, -0.15) is 0 Å². The molecule has 0 atom stereocenters. The number of thiazole rings is 1. The number of aromatic nitrogens is 1. The van der Waals surface area contributed by atoms with Crippen molar-refractivity contribution >= 4 is 74.2 Å². The molecule has 1 aliphatic rings. The Bertz CT molecular complexity index is 1210. The third-order valence-corrected chi connectivity index (χ3v) is 6.35. The second kappa shape index (κ2) is 8.38. The zero-order valence-corrected chi connectivity index (χ0v) is 18.9. The zero-order valence-electron chi connectivity index (χ0n) is 16.6. The van der Waals surface area contributed by atoms with E-state index in [1.54, 1.807) is 36.4 Å². The van der Waals surface area contributed by atoms with Gasteiger partial charge in [-0.05, 0) is 36.4 Å². The quantitative estimate of drug-likeness (QED) is 0.551. The predicted octanol–water partition coefficient (Wildman–Crippen LogP) is 4.00. The molecule has 32 heavy (non-hydrogen) atoms. The summed E-state index contributed by atoms with van der Waals surface area (Å²) in [5.74, 6) is -3.79. The van der Waals surface area contributed by atoms with E-state index in [4.69, 9.17) is 27.9 Å². The highest BCUT2D eigenvalue weighted by Gasteiger charge is 2.46. The number of nitrogens with one attached hydrogen (secondary N) is 1. The average Bonchev–Trinajstić information content (AvgIpc) is 3.13. The van der Waals surface area contributed by atoms with Crippen LogP contribution in [0.3, 0.4) is 0 Å². The summed E-state index contributed by atoms with van der Waals surface area (Å²) in [6, 6.07) is 8.85. The molecule has 4 rings (SSSR count). The number of barbiturate groups is 1. The van der Waals surface area contributed by atoms with Crippen LogP contribution in [0.1, 0.15) is 0 Å². The molecule has 12 heteroatoms. The summed E-state index contributed by atoms with van der Waals surface area (Å²) in [6.07, 6.45) is 0. The van der Waals surface area contributed by atoms with Crippen molar-refractivity contribution in [1.82, 2.24) is 14.8 Å². The highest BCUT2D eigenvalue weighted by atomic mass is 35.5. The molecule has 2 aromatic carbocycles. The van der Waals surface area contributed by atoms with Gasteiger partial charge in [-0.3, -0.25) is 24.2 Å². The maximum atomic E-state index is 12.5. The van der Waals surface area contributed by atoms with Crippen LogP contribution >= 0.6 is 34.5 Å². The van der Waals surface area contributed by atoms with Crippen LogP contribution in [0.25, 0.3) is 10.2 Å². The maximum Gasteiger partial charge on any atom is 0.332 e. The number of carbonyl (C=O) groups is 4. The van der Waals surface area contributed by atoms with E-state index in [1.807, 2.05) is 0 Å². The summed E-state index contributed by atoms with van der Waals surface area (Å²) in [5.41, 5.74) is 0.992. The van der Waals surface area contributed by atoms with Crippen LogP contribution in [0.5, 0.6) is 10.9 Å². The van der Waals surface area contributed by atoms with Crippen LogP contribution in [0.2, 0.25) is 10.0 Å². The molecule has 9 nitrogen and oxygen atoms in total. The normalized spacial score (nSPS) is 14.9. The van der Waals surface area contributed by atoms with E-state index in [0.717, 1.165) is 14.5 Å². The molecule has 1 fully saturated rings. The van der Waals surface area contributed by atoms with Crippen molar-refractivity contribution in [2.75, 3.05) is 19.4 Å². The smallest absolute Gasteiger partial charge is 0.332 e. The van der Waals surface area contributed by atoms with Gasteiger partial charge < -0.3 is 10.1 Å². The van der Waals surface area contributed by atoms with E-state index in [0.29, 0.717) is 32.2 Å². The molecule has 0 spiro atoms. The number of urea groups is 1. The molecule has 5 amide bonds. The fourth-order valence-corrected chi connectivity index (χ4v) is 4.24. The standard InChI is InChI=1S/C20H14Cl2N4O5S/c1-25-17(28)15(18(29)26(2)20(25)30)16(27)23-9-3-5-10(6-4-9)31-19-24-13-7-11(21)12(22)8-14(13)32-19/h3-8,15H,1-2H3,(H,23,27). The Morgan fingerprint density at radius 2 is 1.62 bits per heavy atom. The molecular weight excluding hydrogens is 479 g/mol. The Labute approximate surface area is 195 Å². The molecule has 0 bridgehead atoms. The van der Waals surface area contributed by atoms with E-state index >= 15 is 0 Å². The lowest BCUT2D eigenvalue weighted by molar-refractivity contribution is -0.151. The van der Waals surface area contributed by atoms with Crippen LogP contribution < -0.4 is 10.1 Å². The first-order valence-electron chi connectivity index (χ1n) is 9.09. The average molecular weight is 493 g/mol. The largest absolute Gasteiger partial charge is 0.431 e. The van der Waals surface area contributed by atoms with E-state index in [9.17, 15) is 19.2 Å². The van der Waals surface area contributed by atoms with Crippen LogP contribution in [-0.2, 0) is 14.4 Å². The molecule has 1 N–H and O–H groups in total. The highest BCUT2D eigenvalue weighted by Crippen LogP contribution is 2.36.